The second kappa shape index (κ2) is 6.07. The van der Waals surface area contributed by atoms with E-state index < -0.39 is 4.92 Å². The van der Waals surface area contributed by atoms with Crippen molar-refractivity contribution < 1.29 is 9.66 Å². The van der Waals surface area contributed by atoms with Crippen LogP contribution in [0.2, 0.25) is 0 Å². The molecule has 88 valence electrons. The Balaban J connectivity index is 2.85. The van der Waals surface area contributed by atoms with Crippen molar-refractivity contribution in [3.05, 3.63) is 33.9 Å². The van der Waals surface area contributed by atoms with Crippen LogP contribution < -0.4 is 10.5 Å². The zero-order valence-electron chi connectivity index (χ0n) is 9.31. The second-order valence-electron chi connectivity index (χ2n) is 3.40. The SMILES string of the molecule is CCc1ccc(OCCCN)c([N+](=O)[O-])c1. The van der Waals surface area contributed by atoms with E-state index in [1.165, 1.54) is 0 Å². The van der Waals surface area contributed by atoms with Crippen molar-refractivity contribution in [2.75, 3.05) is 13.2 Å². The van der Waals surface area contributed by atoms with E-state index >= 15 is 0 Å². The molecule has 0 amide bonds. The second-order valence-corrected chi connectivity index (χ2v) is 3.40. The molecule has 5 heteroatoms. The van der Waals surface area contributed by atoms with Gasteiger partial charge in [0.05, 0.1) is 11.5 Å². The molecule has 5 nitrogen and oxygen atoms in total. The first-order valence-corrected chi connectivity index (χ1v) is 5.29. The maximum absolute atomic E-state index is 10.8. The van der Waals surface area contributed by atoms with E-state index in [-0.39, 0.29) is 5.69 Å². The number of hydrogen-bond acceptors (Lipinski definition) is 4. The van der Waals surface area contributed by atoms with Crippen LogP contribution in [-0.2, 0) is 6.42 Å². The van der Waals surface area contributed by atoms with Gasteiger partial charge in [0.1, 0.15) is 0 Å². The minimum absolute atomic E-state index is 0.0244. The summed E-state index contributed by atoms with van der Waals surface area (Å²) >= 11 is 0. The minimum atomic E-state index is -0.420. The Morgan fingerprint density at radius 2 is 2.25 bits per heavy atom. The summed E-state index contributed by atoms with van der Waals surface area (Å²) in [4.78, 5) is 10.4. The molecule has 0 aliphatic heterocycles. The van der Waals surface area contributed by atoms with Gasteiger partial charge in [0.25, 0.3) is 0 Å². The van der Waals surface area contributed by atoms with E-state index in [1.807, 2.05) is 13.0 Å². The average molecular weight is 224 g/mol. The first-order valence-electron chi connectivity index (χ1n) is 5.29. The summed E-state index contributed by atoms with van der Waals surface area (Å²) in [5, 5.41) is 10.8. The van der Waals surface area contributed by atoms with Crippen LogP contribution in [-0.4, -0.2) is 18.1 Å². The number of nitrogens with zero attached hydrogens (tertiary/aromatic N) is 1. The number of hydrogen-bond donors (Lipinski definition) is 1. The van der Waals surface area contributed by atoms with Gasteiger partial charge in [0, 0.05) is 6.07 Å². The summed E-state index contributed by atoms with van der Waals surface area (Å²) in [6.45, 7) is 2.87. The van der Waals surface area contributed by atoms with Gasteiger partial charge in [-0.25, -0.2) is 0 Å². The molecule has 0 heterocycles. The molecule has 0 saturated carbocycles. The Hall–Kier alpha value is -1.62. The maximum atomic E-state index is 10.8. The highest BCUT2D eigenvalue weighted by atomic mass is 16.6. The van der Waals surface area contributed by atoms with Crippen molar-refractivity contribution in [2.24, 2.45) is 5.73 Å². The Morgan fingerprint density at radius 3 is 2.81 bits per heavy atom. The van der Waals surface area contributed by atoms with Crippen LogP contribution in [0.15, 0.2) is 18.2 Å². The number of rotatable bonds is 6. The van der Waals surface area contributed by atoms with Gasteiger partial charge in [0.2, 0.25) is 0 Å². The summed E-state index contributed by atoms with van der Waals surface area (Å²) < 4.78 is 5.32. The Morgan fingerprint density at radius 1 is 1.50 bits per heavy atom. The Kier molecular flexibility index (Phi) is 4.72. The number of benzene rings is 1. The summed E-state index contributed by atoms with van der Waals surface area (Å²) in [5.41, 5.74) is 6.28. The van der Waals surface area contributed by atoms with E-state index in [1.54, 1.807) is 12.1 Å². The van der Waals surface area contributed by atoms with Gasteiger partial charge in [0.15, 0.2) is 5.75 Å². The molecule has 0 aliphatic carbocycles. The molecule has 0 bridgehead atoms. The van der Waals surface area contributed by atoms with Crippen molar-refractivity contribution in [3.8, 4) is 5.75 Å². The Labute approximate surface area is 94.4 Å². The summed E-state index contributed by atoms with van der Waals surface area (Å²) in [6, 6.07) is 5.04. The molecule has 1 rings (SSSR count). The van der Waals surface area contributed by atoms with E-state index in [4.69, 9.17) is 10.5 Å². The number of nitro benzene ring substituents is 1. The van der Waals surface area contributed by atoms with Crippen LogP contribution in [0.1, 0.15) is 18.9 Å². The van der Waals surface area contributed by atoms with Gasteiger partial charge in [-0.1, -0.05) is 13.0 Å². The van der Waals surface area contributed by atoms with Gasteiger partial charge in [-0.05, 0) is 31.0 Å². The highest BCUT2D eigenvalue weighted by Gasteiger charge is 2.15. The van der Waals surface area contributed by atoms with E-state index in [0.29, 0.717) is 25.3 Å². The lowest BCUT2D eigenvalue weighted by Crippen LogP contribution is -2.07. The molecule has 2 N–H and O–H groups in total. The average Bonchev–Trinajstić information content (AvgIpc) is 2.29. The number of nitro groups is 1. The van der Waals surface area contributed by atoms with Crippen molar-refractivity contribution >= 4 is 5.69 Å². The fourth-order valence-electron chi connectivity index (χ4n) is 1.31. The molecule has 0 aromatic heterocycles. The standard InChI is InChI=1S/C11H16N2O3/c1-2-9-4-5-11(16-7-3-6-12)10(8-9)13(14)15/h4-5,8H,2-3,6-7,12H2,1H3. The third-order valence-corrected chi connectivity index (χ3v) is 2.23. The fourth-order valence-corrected chi connectivity index (χ4v) is 1.31. The van der Waals surface area contributed by atoms with Crippen LogP contribution >= 0.6 is 0 Å². The molecule has 0 aliphatic rings. The molecule has 1 aromatic rings. The molecule has 0 spiro atoms. The molecule has 0 saturated heterocycles. The van der Waals surface area contributed by atoms with E-state index in [2.05, 4.69) is 0 Å². The maximum Gasteiger partial charge on any atom is 0.311 e. The van der Waals surface area contributed by atoms with Gasteiger partial charge in [-0.15, -0.1) is 0 Å². The molecule has 1 aromatic carbocycles. The number of aryl methyl sites for hydroxylation is 1. The number of ether oxygens (including phenoxy) is 1. The van der Waals surface area contributed by atoms with Gasteiger partial charge in [-0.2, -0.15) is 0 Å². The van der Waals surface area contributed by atoms with Crippen molar-refractivity contribution in [1.29, 1.82) is 0 Å². The summed E-state index contributed by atoms with van der Waals surface area (Å²) in [5.74, 6) is 0.315. The fraction of sp³-hybridized carbons (Fsp3) is 0.455. The van der Waals surface area contributed by atoms with Crippen molar-refractivity contribution in [3.63, 3.8) is 0 Å². The topological polar surface area (TPSA) is 78.4 Å². The highest BCUT2D eigenvalue weighted by molar-refractivity contribution is 5.48. The zero-order chi connectivity index (χ0) is 12.0. The van der Waals surface area contributed by atoms with Gasteiger partial charge in [-0.3, -0.25) is 10.1 Å². The van der Waals surface area contributed by atoms with Crippen LogP contribution in [0.25, 0.3) is 0 Å². The Bertz CT molecular complexity index is 366. The van der Waals surface area contributed by atoms with Gasteiger partial charge < -0.3 is 10.5 Å². The monoisotopic (exact) mass is 224 g/mol. The molecule has 0 fully saturated rings. The third-order valence-electron chi connectivity index (χ3n) is 2.23. The predicted octanol–water partition coefficient (Wildman–Crippen LogP) is 1.88. The summed E-state index contributed by atoms with van der Waals surface area (Å²) in [7, 11) is 0. The summed E-state index contributed by atoms with van der Waals surface area (Å²) in [6.07, 6.45) is 1.45. The molecule has 0 unspecified atom stereocenters. The lowest BCUT2D eigenvalue weighted by atomic mass is 10.1. The quantitative estimate of drug-likeness (QED) is 0.454. The lowest BCUT2D eigenvalue weighted by Gasteiger charge is -2.06. The number of nitrogens with two attached hydrogens (primary N) is 1. The minimum Gasteiger partial charge on any atom is -0.487 e. The highest BCUT2D eigenvalue weighted by Crippen LogP contribution is 2.28. The van der Waals surface area contributed by atoms with Crippen LogP contribution in [0.4, 0.5) is 5.69 Å². The first-order chi connectivity index (χ1) is 7.69. The van der Waals surface area contributed by atoms with E-state index in [0.717, 1.165) is 12.0 Å². The molecule has 16 heavy (non-hydrogen) atoms. The van der Waals surface area contributed by atoms with E-state index in [9.17, 15) is 10.1 Å². The smallest absolute Gasteiger partial charge is 0.311 e. The largest absolute Gasteiger partial charge is 0.487 e. The lowest BCUT2D eigenvalue weighted by molar-refractivity contribution is -0.385. The third kappa shape index (κ3) is 3.20. The van der Waals surface area contributed by atoms with Crippen LogP contribution in [0, 0.1) is 10.1 Å². The molecule has 0 atom stereocenters. The molecular formula is C11H16N2O3. The molecular weight excluding hydrogens is 208 g/mol. The van der Waals surface area contributed by atoms with Crippen molar-refractivity contribution in [2.45, 2.75) is 19.8 Å². The van der Waals surface area contributed by atoms with Gasteiger partial charge >= 0.3 is 5.69 Å². The van der Waals surface area contributed by atoms with Crippen LogP contribution in [0.3, 0.4) is 0 Å². The zero-order valence-corrected chi connectivity index (χ0v) is 9.31. The molecule has 0 radical (unpaired) electrons. The van der Waals surface area contributed by atoms with Crippen molar-refractivity contribution in [1.82, 2.24) is 0 Å². The normalized spacial score (nSPS) is 10.1. The first kappa shape index (κ1) is 12.4. The predicted molar refractivity (Wildman–Crippen MR) is 61.6 cm³/mol. The van der Waals surface area contributed by atoms with Crippen LogP contribution in [0.5, 0.6) is 5.75 Å².